The number of hydrogen-bond acceptors (Lipinski definition) is 6. The van der Waals surface area contributed by atoms with E-state index in [1.165, 1.54) is 18.4 Å². The summed E-state index contributed by atoms with van der Waals surface area (Å²) in [6, 6.07) is 1.72. The highest BCUT2D eigenvalue weighted by atomic mass is 32.1. The molecule has 0 radical (unpaired) electrons. The van der Waals surface area contributed by atoms with Crippen LogP contribution in [0.5, 0.6) is 0 Å². The molecular formula is C15H15N3O3S2. The van der Waals surface area contributed by atoms with Crippen LogP contribution in [0.25, 0.3) is 15.3 Å². The number of imidazole rings is 1. The number of thiazole rings is 1. The van der Waals surface area contributed by atoms with E-state index in [1.54, 1.807) is 11.3 Å². The van der Waals surface area contributed by atoms with Crippen molar-refractivity contribution in [2.24, 2.45) is 5.92 Å². The molecule has 1 fully saturated rings. The summed E-state index contributed by atoms with van der Waals surface area (Å²) in [5.74, 6) is -0.0467. The Hall–Kier alpha value is -1.93. The van der Waals surface area contributed by atoms with Crippen LogP contribution in [-0.2, 0) is 9.53 Å². The van der Waals surface area contributed by atoms with E-state index in [4.69, 9.17) is 4.74 Å². The summed E-state index contributed by atoms with van der Waals surface area (Å²) < 4.78 is 6.71. The third-order valence-corrected chi connectivity index (χ3v) is 5.86. The molecule has 1 aliphatic rings. The third-order valence-electron chi connectivity index (χ3n) is 4.09. The molecule has 6 nitrogen and oxygen atoms in total. The van der Waals surface area contributed by atoms with Gasteiger partial charge in [-0.05, 0) is 24.8 Å². The predicted octanol–water partition coefficient (Wildman–Crippen LogP) is 2.68. The van der Waals surface area contributed by atoms with Crippen molar-refractivity contribution in [2.45, 2.75) is 25.3 Å². The normalized spacial score (nSPS) is 15.9. The first-order valence-corrected chi connectivity index (χ1v) is 9.08. The molecule has 8 heteroatoms. The Morgan fingerprint density at radius 2 is 2.35 bits per heavy atom. The van der Waals surface area contributed by atoms with Crippen LogP contribution >= 0.6 is 22.7 Å². The van der Waals surface area contributed by atoms with Crippen LogP contribution in [0.1, 0.15) is 28.9 Å². The maximum atomic E-state index is 12.5. The Labute approximate surface area is 140 Å². The molecule has 120 valence electrons. The van der Waals surface area contributed by atoms with Gasteiger partial charge in [-0.15, -0.1) is 22.7 Å². The fraction of sp³-hybridized carbons (Fsp3) is 0.400. The van der Waals surface area contributed by atoms with E-state index >= 15 is 0 Å². The Bertz CT molecular complexity index is 890. The molecule has 3 aromatic heterocycles. The third kappa shape index (κ3) is 2.72. The van der Waals surface area contributed by atoms with Crippen molar-refractivity contribution in [3.8, 4) is 0 Å². The van der Waals surface area contributed by atoms with E-state index in [-0.39, 0.29) is 24.3 Å². The van der Waals surface area contributed by atoms with Gasteiger partial charge in [-0.25, -0.2) is 4.98 Å². The van der Waals surface area contributed by atoms with E-state index in [0.717, 1.165) is 28.1 Å². The summed E-state index contributed by atoms with van der Waals surface area (Å²) in [4.78, 5) is 30.9. The van der Waals surface area contributed by atoms with Crippen molar-refractivity contribution >= 4 is 49.9 Å². The van der Waals surface area contributed by atoms with Gasteiger partial charge in [0, 0.05) is 17.6 Å². The van der Waals surface area contributed by atoms with Gasteiger partial charge in [-0.1, -0.05) is 0 Å². The molecule has 4 rings (SSSR count). The molecule has 1 N–H and O–H groups in total. The number of hydrogen-bond donors (Lipinski definition) is 1. The maximum absolute atomic E-state index is 12.5. The van der Waals surface area contributed by atoms with Crippen LogP contribution in [-0.4, -0.2) is 34.4 Å². The maximum Gasteiger partial charge on any atom is 0.307 e. The van der Waals surface area contributed by atoms with Gasteiger partial charge < -0.3 is 10.1 Å². The highest BCUT2D eigenvalue weighted by Gasteiger charge is 2.34. The summed E-state index contributed by atoms with van der Waals surface area (Å²) in [6.45, 7) is 0. The lowest BCUT2D eigenvalue weighted by atomic mass is 10.1. The molecule has 23 heavy (non-hydrogen) atoms. The first-order valence-electron chi connectivity index (χ1n) is 7.38. The van der Waals surface area contributed by atoms with Gasteiger partial charge in [0.25, 0.3) is 5.91 Å². The summed E-state index contributed by atoms with van der Waals surface area (Å²) >= 11 is 2.95. The van der Waals surface area contributed by atoms with E-state index < -0.39 is 0 Å². The molecule has 0 spiro atoms. The standard InChI is InChI=1S/C15H15N3O3S2/c1-21-12(19)6-9(8-2-3-8)16-13(20)11-7-10-14(23-11)17-15-18(10)4-5-22-15/h4-5,7-9H,2-3,6H2,1H3,(H,16,20). The molecular weight excluding hydrogens is 334 g/mol. The average Bonchev–Trinajstić information content (AvgIpc) is 3.01. The van der Waals surface area contributed by atoms with Gasteiger partial charge >= 0.3 is 5.97 Å². The van der Waals surface area contributed by atoms with Crippen LogP contribution in [0.4, 0.5) is 0 Å². The van der Waals surface area contributed by atoms with Crippen LogP contribution in [0.3, 0.4) is 0 Å². The second kappa shape index (κ2) is 5.61. The Morgan fingerprint density at radius 1 is 1.52 bits per heavy atom. The Kier molecular flexibility index (Phi) is 3.57. The zero-order chi connectivity index (χ0) is 16.0. The highest BCUT2D eigenvalue weighted by Crippen LogP contribution is 2.35. The van der Waals surface area contributed by atoms with Crippen LogP contribution in [0.15, 0.2) is 17.6 Å². The molecule has 1 atom stereocenters. The van der Waals surface area contributed by atoms with Gasteiger partial charge in [-0.2, -0.15) is 0 Å². The first-order chi connectivity index (χ1) is 11.2. The highest BCUT2D eigenvalue weighted by molar-refractivity contribution is 7.21. The summed E-state index contributed by atoms with van der Waals surface area (Å²) in [6.07, 6.45) is 4.28. The number of thiophene rings is 1. The average molecular weight is 349 g/mol. The number of aromatic nitrogens is 2. The summed E-state index contributed by atoms with van der Waals surface area (Å²) in [5, 5.41) is 4.96. The van der Waals surface area contributed by atoms with E-state index in [0.29, 0.717) is 10.8 Å². The number of fused-ring (bicyclic) bond motifs is 3. The van der Waals surface area contributed by atoms with Crippen molar-refractivity contribution in [1.29, 1.82) is 0 Å². The minimum Gasteiger partial charge on any atom is -0.469 e. The lowest BCUT2D eigenvalue weighted by molar-refractivity contribution is -0.141. The molecule has 3 heterocycles. The van der Waals surface area contributed by atoms with Gasteiger partial charge in [0.1, 0.15) is 4.83 Å². The SMILES string of the molecule is COC(=O)CC(NC(=O)c1cc2c(nc3sccn32)s1)C1CC1. The van der Waals surface area contributed by atoms with Gasteiger partial charge in [0.15, 0.2) is 4.96 Å². The summed E-state index contributed by atoms with van der Waals surface area (Å²) in [5.41, 5.74) is 0.951. The smallest absolute Gasteiger partial charge is 0.307 e. The van der Waals surface area contributed by atoms with Crippen molar-refractivity contribution < 1.29 is 14.3 Å². The molecule has 1 aliphatic carbocycles. The summed E-state index contributed by atoms with van der Waals surface area (Å²) in [7, 11) is 1.37. The number of carbonyl (C=O) groups is 2. The topological polar surface area (TPSA) is 72.7 Å². The zero-order valence-corrected chi connectivity index (χ0v) is 14.1. The lowest BCUT2D eigenvalue weighted by Crippen LogP contribution is -2.38. The van der Waals surface area contributed by atoms with Crippen molar-refractivity contribution in [1.82, 2.24) is 14.7 Å². The fourth-order valence-electron chi connectivity index (χ4n) is 2.70. The van der Waals surface area contributed by atoms with Gasteiger partial charge in [-0.3, -0.25) is 14.0 Å². The monoisotopic (exact) mass is 349 g/mol. The number of esters is 1. The van der Waals surface area contributed by atoms with Crippen LogP contribution in [0, 0.1) is 5.92 Å². The van der Waals surface area contributed by atoms with Crippen molar-refractivity contribution in [3.63, 3.8) is 0 Å². The molecule has 0 aliphatic heterocycles. The number of nitrogens with one attached hydrogen (secondary N) is 1. The predicted molar refractivity (Wildman–Crippen MR) is 89.1 cm³/mol. The Balaban J connectivity index is 1.55. The van der Waals surface area contributed by atoms with E-state index in [1.807, 2.05) is 22.0 Å². The van der Waals surface area contributed by atoms with E-state index in [9.17, 15) is 9.59 Å². The quantitative estimate of drug-likeness (QED) is 0.719. The van der Waals surface area contributed by atoms with Crippen molar-refractivity contribution in [3.05, 3.63) is 22.5 Å². The largest absolute Gasteiger partial charge is 0.469 e. The number of ether oxygens (including phenoxy) is 1. The number of amides is 1. The van der Waals surface area contributed by atoms with Crippen molar-refractivity contribution in [2.75, 3.05) is 7.11 Å². The van der Waals surface area contributed by atoms with E-state index in [2.05, 4.69) is 10.3 Å². The zero-order valence-electron chi connectivity index (χ0n) is 12.4. The van der Waals surface area contributed by atoms with Crippen LogP contribution < -0.4 is 5.32 Å². The lowest BCUT2D eigenvalue weighted by Gasteiger charge is -2.16. The Morgan fingerprint density at radius 3 is 3.09 bits per heavy atom. The fourth-order valence-corrected chi connectivity index (χ4v) is 4.40. The molecule has 0 saturated heterocycles. The number of carbonyl (C=O) groups excluding carboxylic acids is 2. The first kappa shape index (κ1) is 14.6. The minimum atomic E-state index is -0.288. The van der Waals surface area contributed by atoms with Crippen LogP contribution in [0.2, 0.25) is 0 Å². The second-order valence-corrected chi connectivity index (χ2v) is 7.57. The number of rotatable bonds is 5. The number of methoxy groups -OCH3 is 1. The molecule has 0 aromatic carbocycles. The molecule has 1 saturated carbocycles. The molecule has 1 unspecified atom stereocenters. The molecule has 3 aromatic rings. The minimum absolute atomic E-state index is 0.141. The van der Waals surface area contributed by atoms with Gasteiger partial charge in [0.2, 0.25) is 0 Å². The second-order valence-electron chi connectivity index (χ2n) is 5.67. The molecule has 0 bridgehead atoms. The van der Waals surface area contributed by atoms with Gasteiger partial charge in [0.05, 0.1) is 23.9 Å². The number of nitrogens with zero attached hydrogens (tertiary/aromatic N) is 2. The molecule has 1 amide bonds.